The molecule has 0 saturated heterocycles. The van der Waals surface area contributed by atoms with Gasteiger partial charge in [-0.25, -0.2) is 4.79 Å². The number of carbonyl (C=O) groups excluding carboxylic acids is 1. The molecule has 0 aliphatic heterocycles. The van der Waals surface area contributed by atoms with Gasteiger partial charge in [0.15, 0.2) is 0 Å². The van der Waals surface area contributed by atoms with Crippen LogP contribution in [-0.4, -0.2) is 20.2 Å². The lowest BCUT2D eigenvalue weighted by Crippen LogP contribution is -2.05. The van der Waals surface area contributed by atoms with Gasteiger partial charge in [0.2, 0.25) is 0 Å². The number of hydrogen-bond donors (Lipinski definition) is 0. The Labute approximate surface area is 113 Å². The van der Waals surface area contributed by atoms with Crippen LogP contribution in [0.3, 0.4) is 0 Å². The second-order valence-corrected chi connectivity index (χ2v) is 3.72. The quantitative estimate of drug-likeness (QED) is 0.461. The van der Waals surface area contributed by atoms with Crippen molar-refractivity contribution in [3.8, 4) is 5.75 Å². The molecule has 19 heavy (non-hydrogen) atoms. The van der Waals surface area contributed by atoms with E-state index in [4.69, 9.17) is 9.47 Å². The second kappa shape index (κ2) is 7.21. The molecule has 3 nitrogen and oxygen atoms in total. The third-order valence-electron chi connectivity index (χ3n) is 2.63. The van der Waals surface area contributed by atoms with Crippen LogP contribution in [-0.2, 0) is 9.53 Å². The Bertz CT molecular complexity index is 525. The van der Waals surface area contributed by atoms with Crippen LogP contribution in [0.4, 0.5) is 0 Å². The van der Waals surface area contributed by atoms with Crippen molar-refractivity contribution in [3.05, 3.63) is 60.2 Å². The molecule has 1 rings (SSSR count). The van der Waals surface area contributed by atoms with E-state index in [1.807, 2.05) is 31.2 Å². The van der Waals surface area contributed by atoms with Crippen molar-refractivity contribution in [3.63, 3.8) is 0 Å². The number of esters is 1. The number of benzene rings is 1. The van der Waals surface area contributed by atoms with Crippen molar-refractivity contribution >= 4 is 11.5 Å². The van der Waals surface area contributed by atoms with Crippen molar-refractivity contribution in [2.45, 2.75) is 6.92 Å². The van der Waals surface area contributed by atoms with E-state index in [2.05, 4.69) is 6.58 Å². The van der Waals surface area contributed by atoms with E-state index in [0.29, 0.717) is 16.9 Å². The van der Waals surface area contributed by atoms with Crippen molar-refractivity contribution in [1.29, 1.82) is 0 Å². The average molecular weight is 258 g/mol. The van der Waals surface area contributed by atoms with Gasteiger partial charge in [0, 0.05) is 5.56 Å². The molecule has 100 valence electrons. The Hall–Kier alpha value is -2.29. The minimum absolute atomic E-state index is 0.404. The second-order valence-electron chi connectivity index (χ2n) is 3.72. The van der Waals surface area contributed by atoms with Gasteiger partial charge in [0.25, 0.3) is 0 Å². The first-order valence-corrected chi connectivity index (χ1v) is 5.90. The van der Waals surface area contributed by atoms with Crippen LogP contribution in [0.15, 0.2) is 54.6 Å². The molecule has 0 radical (unpaired) electrons. The highest BCUT2D eigenvalue weighted by atomic mass is 16.5. The predicted octanol–water partition coefficient (Wildman–Crippen LogP) is 3.38. The Morgan fingerprint density at radius 1 is 1.26 bits per heavy atom. The Morgan fingerprint density at radius 3 is 2.47 bits per heavy atom. The topological polar surface area (TPSA) is 35.5 Å². The van der Waals surface area contributed by atoms with Crippen molar-refractivity contribution in [2.24, 2.45) is 0 Å². The van der Waals surface area contributed by atoms with Crippen LogP contribution in [0.5, 0.6) is 5.75 Å². The molecule has 0 saturated carbocycles. The predicted molar refractivity (Wildman–Crippen MR) is 76.9 cm³/mol. The Kier molecular flexibility index (Phi) is 5.61. The fraction of sp³-hybridized carbons (Fsp3) is 0.188. The molecule has 1 aromatic carbocycles. The third kappa shape index (κ3) is 3.35. The van der Waals surface area contributed by atoms with Crippen LogP contribution >= 0.6 is 0 Å². The fourth-order valence-electron chi connectivity index (χ4n) is 1.78. The molecule has 0 aliphatic carbocycles. The summed E-state index contributed by atoms with van der Waals surface area (Å²) < 4.78 is 10.1. The van der Waals surface area contributed by atoms with E-state index in [0.717, 1.165) is 5.56 Å². The molecule has 0 aliphatic rings. The molecule has 0 heterocycles. The van der Waals surface area contributed by atoms with Gasteiger partial charge >= 0.3 is 5.97 Å². The molecule has 0 bridgehead atoms. The van der Waals surface area contributed by atoms with Crippen LogP contribution in [0.2, 0.25) is 0 Å². The number of rotatable bonds is 5. The van der Waals surface area contributed by atoms with Gasteiger partial charge in [-0.15, -0.1) is 0 Å². The number of ether oxygens (including phenoxy) is 2. The summed E-state index contributed by atoms with van der Waals surface area (Å²) in [4.78, 5) is 11.9. The van der Waals surface area contributed by atoms with E-state index < -0.39 is 5.97 Å². The number of carbonyl (C=O) groups is 1. The minimum atomic E-state index is -0.404. The highest BCUT2D eigenvalue weighted by molar-refractivity contribution is 6.03. The molecule has 3 heteroatoms. The minimum Gasteiger partial charge on any atom is -0.496 e. The normalized spacial score (nSPS) is 11.9. The van der Waals surface area contributed by atoms with Crippen molar-refractivity contribution < 1.29 is 14.3 Å². The number of hydrogen-bond acceptors (Lipinski definition) is 3. The summed E-state index contributed by atoms with van der Waals surface area (Å²) in [7, 11) is 2.95. The Morgan fingerprint density at radius 2 is 1.95 bits per heavy atom. The highest BCUT2D eigenvalue weighted by Gasteiger charge is 2.15. The largest absolute Gasteiger partial charge is 0.496 e. The molecule has 1 aromatic rings. The average Bonchev–Trinajstić information content (AvgIpc) is 2.46. The molecule has 0 unspecified atom stereocenters. The fourth-order valence-corrected chi connectivity index (χ4v) is 1.78. The lowest BCUT2D eigenvalue weighted by Gasteiger charge is -2.12. The van der Waals surface area contributed by atoms with E-state index >= 15 is 0 Å². The van der Waals surface area contributed by atoms with Crippen LogP contribution in [0.1, 0.15) is 12.5 Å². The van der Waals surface area contributed by atoms with Crippen LogP contribution in [0.25, 0.3) is 5.57 Å². The van der Waals surface area contributed by atoms with E-state index in [9.17, 15) is 4.79 Å². The molecule has 0 spiro atoms. The lowest BCUT2D eigenvalue weighted by atomic mass is 9.98. The zero-order valence-electron chi connectivity index (χ0n) is 11.5. The molecule has 0 aromatic heterocycles. The van der Waals surface area contributed by atoms with Crippen LogP contribution < -0.4 is 4.74 Å². The summed E-state index contributed by atoms with van der Waals surface area (Å²) >= 11 is 0. The van der Waals surface area contributed by atoms with Crippen molar-refractivity contribution in [1.82, 2.24) is 0 Å². The molecule has 0 amide bonds. The molecule has 0 fully saturated rings. The van der Waals surface area contributed by atoms with Gasteiger partial charge in [-0.3, -0.25) is 0 Å². The highest BCUT2D eigenvalue weighted by Crippen LogP contribution is 2.29. The summed E-state index contributed by atoms with van der Waals surface area (Å²) in [6.07, 6.45) is 5.12. The zero-order valence-corrected chi connectivity index (χ0v) is 11.5. The summed E-state index contributed by atoms with van der Waals surface area (Å²) in [5.41, 5.74) is 1.94. The number of allylic oxidation sites excluding steroid dienone is 3. The van der Waals surface area contributed by atoms with Crippen molar-refractivity contribution in [2.75, 3.05) is 14.2 Å². The monoisotopic (exact) mass is 258 g/mol. The SMILES string of the molecule is C=C/C(=C(\C=C/C)C(=O)OC)c1ccccc1OC. The first-order valence-electron chi connectivity index (χ1n) is 5.90. The first kappa shape index (κ1) is 14.8. The molecule has 0 N–H and O–H groups in total. The maximum atomic E-state index is 11.9. The Balaban J connectivity index is 3.52. The van der Waals surface area contributed by atoms with Crippen LogP contribution in [0, 0.1) is 0 Å². The number of para-hydroxylation sites is 1. The van der Waals surface area contributed by atoms with Gasteiger partial charge in [0.05, 0.1) is 19.8 Å². The van der Waals surface area contributed by atoms with Gasteiger partial charge in [-0.05, 0) is 18.6 Å². The molecule has 0 atom stereocenters. The third-order valence-corrected chi connectivity index (χ3v) is 2.63. The number of methoxy groups -OCH3 is 2. The summed E-state index contributed by atoms with van der Waals surface area (Å²) in [5.74, 6) is 0.280. The van der Waals surface area contributed by atoms with Gasteiger partial charge in [-0.1, -0.05) is 43.0 Å². The zero-order chi connectivity index (χ0) is 14.3. The van der Waals surface area contributed by atoms with Gasteiger partial charge in [0.1, 0.15) is 5.75 Å². The van der Waals surface area contributed by atoms with Gasteiger partial charge in [-0.2, -0.15) is 0 Å². The van der Waals surface area contributed by atoms with E-state index in [-0.39, 0.29) is 0 Å². The molecular formula is C16H18O3. The molecular weight excluding hydrogens is 240 g/mol. The first-order chi connectivity index (χ1) is 9.19. The maximum absolute atomic E-state index is 11.9. The standard InChI is InChI=1S/C16H18O3/c1-5-9-14(16(17)19-4)12(6-2)13-10-7-8-11-15(13)18-3/h5-11H,2H2,1,3-4H3/b9-5-,14-12-. The van der Waals surface area contributed by atoms with E-state index in [1.54, 1.807) is 25.3 Å². The maximum Gasteiger partial charge on any atom is 0.338 e. The summed E-state index contributed by atoms with van der Waals surface area (Å²) in [6, 6.07) is 7.47. The summed E-state index contributed by atoms with van der Waals surface area (Å²) in [5, 5.41) is 0. The lowest BCUT2D eigenvalue weighted by molar-refractivity contribution is -0.135. The van der Waals surface area contributed by atoms with E-state index in [1.165, 1.54) is 7.11 Å². The summed E-state index contributed by atoms with van der Waals surface area (Å²) in [6.45, 7) is 5.62. The van der Waals surface area contributed by atoms with Gasteiger partial charge < -0.3 is 9.47 Å². The smallest absolute Gasteiger partial charge is 0.338 e.